The molecule has 0 amide bonds. The van der Waals surface area contributed by atoms with Crippen LogP contribution in [0.5, 0.6) is 0 Å². The first-order chi connectivity index (χ1) is 10.1. The number of carbonyl (C=O) groups is 1. The Morgan fingerprint density at radius 3 is 2.67 bits per heavy atom. The highest BCUT2D eigenvalue weighted by Crippen LogP contribution is 2.31. The van der Waals surface area contributed by atoms with Gasteiger partial charge >= 0.3 is 0 Å². The first kappa shape index (κ1) is 14.3. The fourth-order valence-electron chi connectivity index (χ4n) is 2.69. The van der Waals surface area contributed by atoms with Gasteiger partial charge in [-0.2, -0.15) is 4.68 Å². The molecule has 1 saturated carbocycles. The molecule has 110 valence electrons. The van der Waals surface area contributed by atoms with E-state index in [1.165, 1.54) is 22.9 Å². The number of aromatic nitrogens is 4. The molecular formula is C15H18N4OS. The number of hydrogen-bond acceptors (Lipinski definition) is 5. The number of nitrogens with zero attached hydrogens (tertiary/aromatic N) is 4. The average Bonchev–Trinajstić information content (AvgIpc) is 2.88. The standard InChI is InChI=1S/C15H18N4OS/c1-10-7-11(2)9-12(8-10)19-15(16-17-18-19)21-14-6-4-3-5-13(14)20/h7-9,14H,3-6H2,1-2H3/t14-/m0/s1. The van der Waals surface area contributed by atoms with Crippen LogP contribution in [0.4, 0.5) is 0 Å². The Morgan fingerprint density at radius 2 is 1.95 bits per heavy atom. The van der Waals surface area contributed by atoms with Gasteiger partial charge in [0.1, 0.15) is 5.78 Å². The molecule has 1 aliphatic rings. The molecule has 3 rings (SSSR count). The van der Waals surface area contributed by atoms with Crippen LogP contribution in [0.2, 0.25) is 0 Å². The van der Waals surface area contributed by atoms with Crippen LogP contribution in [-0.4, -0.2) is 31.2 Å². The fourth-order valence-corrected chi connectivity index (χ4v) is 3.80. The summed E-state index contributed by atoms with van der Waals surface area (Å²) in [7, 11) is 0. The van der Waals surface area contributed by atoms with E-state index in [0.29, 0.717) is 17.4 Å². The van der Waals surface area contributed by atoms with Crippen molar-refractivity contribution in [3.63, 3.8) is 0 Å². The van der Waals surface area contributed by atoms with Crippen molar-refractivity contribution in [2.75, 3.05) is 0 Å². The van der Waals surface area contributed by atoms with Gasteiger partial charge in [0.25, 0.3) is 0 Å². The summed E-state index contributed by atoms with van der Waals surface area (Å²) >= 11 is 1.49. The molecule has 0 radical (unpaired) electrons. The maximum absolute atomic E-state index is 12.0. The van der Waals surface area contributed by atoms with Gasteiger partial charge in [0.2, 0.25) is 5.16 Å². The Labute approximate surface area is 128 Å². The van der Waals surface area contributed by atoms with Gasteiger partial charge in [-0.25, -0.2) is 0 Å². The SMILES string of the molecule is Cc1cc(C)cc(-n2nnnc2S[C@H]2CCCCC2=O)c1. The number of ketones is 1. The second-order valence-electron chi connectivity index (χ2n) is 5.54. The van der Waals surface area contributed by atoms with Crippen molar-refractivity contribution in [3.05, 3.63) is 29.3 Å². The molecule has 1 heterocycles. The third-order valence-corrected chi connectivity index (χ3v) is 4.89. The lowest BCUT2D eigenvalue weighted by Crippen LogP contribution is -2.21. The summed E-state index contributed by atoms with van der Waals surface area (Å²) in [6, 6.07) is 6.22. The van der Waals surface area contributed by atoms with Crippen molar-refractivity contribution in [3.8, 4) is 5.69 Å². The second kappa shape index (κ2) is 5.97. The Morgan fingerprint density at radius 1 is 1.19 bits per heavy atom. The van der Waals surface area contributed by atoms with Gasteiger partial charge in [0, 0.05) is 6.42 Å². The maximum atomic E-state index is 12.0. The van der Waals surface area contributed by atoms with Crippen LogP contribution >= 0.6 is 11.8 Å². The Balaban J connectivity index is 1.88. The van der Waals surface area contributed by atoms with Gasteiger partial charge in [0.05, 0.1) is 10.9 Å². The van der Waals surface area contributed by atoms with E-state index < -0.39 is 0 Å². The monoisotopic (exact) mass is 302 g/mol. The van der Waals surface area contributed by atoms with Crippen LogP contribution in [0.1, 0.15) is 36.8 Å². The minimum absolute atomic E-state index is 0.00518. The van der Waals surface area contributed by atoms with Gasteiger partial charge in [-0.1, -0.05) is 24.2 Å². The van der Waals surface area contributed by atoms with Crippen LogP contribution in [-0.2, 0) is 4.79 Å². The summed E-state index contributed by atoms with van der Waals surface area (Å²) in [5, 5.41) is 12.6. The van der Waals surface area contributed by atoms with E-state index in [9.17, 15) is 4.79 Å². The molecule has 2 aromatic rings. The molecule has 0 unspecified atom stereocenters. The Hall–Kier alpha value is -1.69. The zero-order chi connectivity index (χ0) is 14.8. The fraction of sp³-hybridized carbons (Fsp3) is 0.467. The summed E-state index contributed by atoms with van der Waals surface area (Å²) in [6.45, 7) is 4.11. The predicted octanol–water partition coefficient (Wildman–Crippen LogP) is 2.88. The summed E-state index contributed by atoms with van der Waals surface area (Å²) in [5.74, 6) is 0.321. The number of aryl methyl sites for hydroxylation is 2. The zero-order valence-electron chi connectivity index (χ0n) is 12.2. The van der Waals surface area contributed by atoms with Crippen molar-refractivity contribution in [1.82, 2.24) is 20.2 Å². The molecule has 0 bridgehead atoms. The van der Waals surface area contributed by atoms with E-state index in [4.69, 9.17) is 0 Å². The molecular weight excluding hydrogens is 284 g/mol. The largest absolute Gasteiger partial charge is 0.298 e. The van der Waals surface area contributed by atoms with Crippen molar-refractivity contribution >= 4 is 17.5 Å². The number of thioether (sulfide) groups is 1. The number of Topliss-reactive ketones (excluding diaryl/α,β-unsaturated/α-hetero) is 1. The minimum Gasteiger partial charge on any atom is -0.298 e. The second-order valence-corrected chi connectivity index (χ2v) is 6.71. The third-order valence-electron chi connectivity index (χ3n) is 3.64. The first-order valence-corrected chi connectivity index (χ1v) is 8.08. The highest BCUT2D eigenvalue weighted by molar-refractivity contribution is 8.00. The highest BCUT2D eigenvalue weighted by Gasteiger charge is 2.25. The van der Waals surface area contributed by atoms with Gasteiger partial charge in [0.15, 0.2) is 0 Å². The van der Waals surface area contributed by atoms with E-state index in [1.54, 1.807) is 4.68 Å². The average molecular weight is 302 g/mol. The van der Waals surface area contributed by atoms with E-state index in [0.717, 1.165) is 24.9 Å². The molecule has 1 aliphatic carbocycles. The molecule has 0 aliphatic heterocycles. The van der Waals surface area contributed by atoms with Crippen molar-refractivity contribution in [2.45, 2.75) is 49.9 Å². The van der Waals surface area contributed by atoms with Crippen molar-refractivity contribution < 1.29 is 4.79 Å². The van der Waals surface area contributed by atoms with Crippen LogP contribution < -0.4 is 0 Å². The Kier molecular flexibility index (Phi) is 4.05. The molecule has 1 atom stereocenters. The van der Waals surface area contributed by atoms with Crippen LogP contribution in [0.15, 0.2) is 23.4 Å². The molecule has 21 heavy (non-hydrogen) atoms. The summed E-state index contributed by atoms with van der Waals surface area (Å²) in [5.41, 5.74) is 3.29. The molecule has 1 fully saturated rings. The number of tetrazole rings is 1. The smallest absolute Gasteiger partial charge is 0.214 e. The van der Waals surface area contributed by atoms with Gasteiger partial charge < -0.3 is 0 Å². The van der Waals surface area contributed by atoms with Gasteiger partial charge in [-0.15, -0.1) is 5.10 Å². The zero-order valence-corrected chi connectivity index (χ0v) is 13.1. The molecule has 6 heteroatoms. The maximum Gasteiger partial charge on any atom is 0.214 e. The molecule has 1 aromatic carbocycles. The molecule has 0 N–H and O–H groups in total. The van der Waals surface area contributed by atoms with Crippen molar-refractivity contribution in [2.24, 2.45) is 0 Å². The van der Waals surface area contributed by atoms with Crippen LogP contribution in [0, 0.1) is 13.8 Å². The third kappa shape index (κ3) is 3.15. The Bertz CT molecular complexity index is 647. The molecule has 1 aromatic heterocycles. The first-order valence-electron chi connectivity index (χ1n) is 7.20. The van der Waals surface area contributed by atoms with Crippen molar-refractivity contribution in [1.29, 1.82) is 0 Å². The normalized spacial score (nSPS) is 19.0. The van der Waals surface area contributed by atoms with E-state index >= 15 is 0 Å². The highest BCUT2D eigenvalue weighted by atomic mass is 32.2. The lowest BCUT2D eigenvalue weighted by Gasteiger charge is -2.19. The minimum atomic E-state index is -0.00518. The number of benzene rings is 1. The lowest BCUT2D eigenvalue weighted by atomic mass is 9.99. The molecule has 0 spiro atoms. The van der Waals surface area contributed by atoms with E-state index in [-0.39, 0.29) is 5.25 Å². The summed E-state index contributed by atoms with van der Waals surface area (Å²) < 4.78 is 1.73. The van der Waals surface area contributed by atoms with E-state index in [2.05, 4.69) is 47.6 Å². The predicted molar refractivity (Wildman–Crippen MR) is 81.7 cm³/mol. The number of carbonyl (C=O) groups excluding carboxylic acids is 1. The molecule has 5 nitrogen and oxygen atoms in total. The lowest BCUT2D eigenvalue weighted by molar-refractivity contribution is -0.119. The van der Waals surface area contributed by atoms with Gasteiger partial charge in [-0.05, 0) is 60.4 Å². The number of hydrogen-bond donors (Lipinski definition) is 0. The topological polar surface area (TPSA) is 60.7 Å². The number of rotatable bonds is 3. The summed E-state index contributed by atoms with van der Waals surface area (Å²) in [4.78, 5) is 12.0. The molecule has 0 saturated heterocycles. The van der Waals surface area contributed by atoms with Crippen LogP contribution in [0.25, 0.3) is 5.69 Å². The van der Waals surface area contributed by atoms with Crippen LogP contribution in [0.3, 0.4) is 0 Å². The quantitative estimate of drug-likeness (QED) is 0.872. The summed E-state index contributed by atoms with van der Waals surface area (Å²) in [6.07, 6.45) is 3.72. The van der Waals surface area contributed by atoms with Gasteiger partial charge in [-0.3, -0.25) is 4.79 Å². The van der Waals surface area contributed by atoms with E-state index in [1.807, 2.05) is 0 Å².